The van der Waals surface area contributed by atoms with Crippen LogP contribution < -0.4 is 0 Å². The number of carbonyl (C=O) groups is 1. The first kappa shape index (κ1) is 13.3. The summed E-state index contributed by atoms with van der Waals surface area (Å²) in [4.78, 5) is 13.4. The molecule has 0 aromatic heterocycles. The van der Waals surface area contributed by atoms with Crippen LogP contribution in [0, 0.1) is 0 Å². The predicted octanol–water partition coefficient (Wildman–Crippen LogP) is 1.27. The molecule has 0 N–H and O–H groups in total. The van der Waals surface area contributed by atoms with Crippen molar-refractivity contribution >= 4 is 6.09 Å². The number of hydrogen-bond acceptors (Lipinski definition) is 4. The average Bonchev–Trinajstić information content (AvgIpc) is 2.57. The molecule has 0 aromatic carbocycles. The van der Waals surface area contributed by atoms with E-state index in [9.17, 15) is 4.79 Å². The van der Waals surface area contributed by atoms with Crippen LogP contribution in [-0.2, 0) is 14.2 Å². The van der Waals surface area contributed by atoms with Crippen LogP contribution in [0.15, 0.2) is 0 Å². The summed E-state index contributed by atoms with van der Waals surface area (Å²) in [6.45, 7) is 6.58. The van der Waals surface area contributed by atoms with Gasteiger partial charge in [0.05, 0.1) is 13.1 Å². The first-order chi connectivity index (χ1) is 7.37. The molecular formula is C11H21NO4. The molecule has 0 unspecified atom stereocenters. The van der Waals surface area contributed by atoms with Gasteiger partial charge in [0.15, 0.2) is 0 Å². The van der Waals surface area contributed by atoms with Gasteiger partial charge >= 0.3 is 6.09 Å². The number of hydrogen-bond donors (Lipinski definition) is 0. The smallest absolute Gasteiger partial charge is 0.410 e. The van der Waals surface area contributed by atoms with Gasteiger partial charge < -0.3 is 19.1 Å². The lowest BCUT2D eigenvalue weighted by Crippen LogP contribution is -2.36. The number of likely N-dealkylation sites (tertiary alicyclic amines) is 1. The van der Waals surface area contributed by atoms with Gasteiger partial charge in [-0.3, -0.25) is 0 Å². The summed E-state index contributed by atoms with van der Waals surface area (Å²) in [6, 6.07) is 0. The van der Waals surface area contributed by atoms with E-state index in [1.807, 2.05) is 20.8 Å². The van der Waals surface area contributed by atoms with E-state index in [0.717, 1.165) is 0 Å². The summed E-state index contributed by atoms with van der Waals surface area (Å²) in [5, 5.41) is 0. The van der Waals surface area contributed by atoms with E-state index in [-0.39, 0.29) is 18.3 Å². The lowest BCUT2D eigenvalue weighted by Gasteiger charge is -2.24. The number of rotatable bonds is 2. The third-order valence-electron chi connectivity index (χ3n) is 2.47. The lowest BCUT2D eigenvalue weighted by molar-refractivity contribution is -0.00461. The van der Waals surface area contributed by atoms with Gasteiger partial charge in [-0.05, 0) is 20.8 Å². The minimum absolute atomic E-state index is 0.0717. The third kappa shape index (κ3) is 3.35. The van der Waals surface area contributed by atoms with E-state index in [0.29, 0.717) is 13.1 Å². The minimum atomic E-state index is -0.467. The van der Waals surface area contributed by atoms with Crippen molar-refractivity contribution in [3.63, 3.8) is 0 Å². The molecule has 1 fully saturated rings. The molecule has 0 bridgehead atoms. The van der Waals surface area contributed by atoms with Crippen molar-refractivity contribution in [3.8, 4) is 0 Å². The van der Waals surface area contributed by atoms with Gasteiger partial charge in [-0.2, -0.15) is 0 Å². The van der Waals surface area contributed by atoms with Gasteiger partial charge in [-0.25, -0.2) is 4.79 Å². The minimum Gasteiger partial charge on any atom is -0.444 e. The molecule has 94 valence electrons. The van der Waals surface area contributed by atoms with Gasteiger partial charge in [-0.15, -0.1) is 0 Å². The van der Waals surface area contributed by atoms with Gasteiger partial charge in [-0.1, -0.05) is 0 Å². The first-order valence-electron chi connectivity index (χ1n) is 5.41. The molecule has 16 heavy (non-hydrogen) atoms. The van der Waals surface area contributed by atoms with Crippen LogP contribution in [0.4, 0.5) is 4.79 Å². The summed E-state index contributed by atoms with van der Waals surface area (Å²) < 4.78 is 15.8. The molecule has 1 saturated heterocycles. The summed E-state index contributed by atoms with van der Waals surface area (Å²) in [5.41, 5.74) is -0.467. The second-order valence-electron chi connectivity index (χ2n) is 4.93. The quantitative estimate of drug-likeness (QED) is 0.718. The molecule has 1 aliphatic heterocycles. The number of methoxy groups -OCH3 is 2. The van der Waals surface area contributed by atoms with Crippen molar-refractivity contribution in [2.75, 3.05) is 27.3 Å². The summed E-state index contributed by atoms with van der Waals surface area (Å²) in [6.07, 6.45) is -0.455. The molecule has 0 saturated carbocycles. The Bertz CT molecular complexity index is 237. The predicted molar refractivity (Wildman–Crippen MR) is 59.4 cm³/mol. The van der Waals surface area contributed by atoms with Crippen LogP contribution in [0.3, 0.4) is 0 Å². The fourth-order valence-corrected chi connectivity index (χ4v) is 1.67. The van der Waals surface area contributed by atoms with Crippen molar-refractivity contribution in [2.45, 2.75) is 38.6 Å². The first-order valence-corrected chi connectivity index (χ1v) is 5.41. The highest BCUT2D eigenvalue weighted by Crippen LogP contribution is 2.18. The van der Waals surface area contributed by atoms with Gasteiger partial charge in [0.2, 0.25) is 0 Å². The van der Waals surface area contributed by atoms with Gasteiger partial charge in [0.1, 0.15) is 17.8 Å². The van der Waals surface area contributed by atoms with Crippen LogP contribution in [0.2, 0.25) is 0 Å². The maximum atomic E-state index is 11.8. The zero-order valence-electron chi connectivity index (χ0n) is 10.6. The van der Waals surface area contributed by atoms with E-state index in [2.05, 4.69) is 0 Å². The molecule has 0 aromatic rings. The van der Waals surface area contributed by atoms with Crippen LogP contribution in [0.5, 0.6) is 0 Å². The SMILES string of the molecule is CO[C@H]1CN(C(=O)OC(C)(C)C)C[C@@H]1OC. The molecule has 1 rings (SSSR count). The fraction of sp³-hybridized carbons (Fsp3) is 0.909. The van der Waals surface area contributed by atoms with Gasteiger partial charge in [0, 0.05) is 14.2 Å². The maximum absolute atomic E-state index is 11.8. The Hall–Kier alpha value is -0.810. The van der Waals surface area contributed by atoms with Crippen LogP contribution in [0.1, 0.15) is 20.8 Å². The van der Waals surface area contributed by atoms with Crippen LogP contribution in [0.25, 0.3) is 0 Å². The molecule has 1 heterocycles. The van der Waals surface area contributed by atoms with E-state index in [4.69, 9.17) is 14.2 Å². The molecule has 0 spiro atoms. The lowest BCUT2D eigenvalue weighted by atomic mass is 10.2. The second kappa shape index (κ2) is 5.01. The Morgan fingerprint density at radius 3 is 1.88 bits per heavy atom. The number of amides is 1. The largest absolute Gasteiger partial charge is 0.444 e. The fourth-order valence-electron chi connectivity index (χ4n) is 1.67. The van der Waals surface area contributed by atoms with Crippen LogP contribution in [-0.4, -0.2) is 56.1 Å². The van der Waals surface area contributed by atoms with Crippen LogP contribution >= 0.6 is 0 Å². The standard InChI is InChI=1S/C11H21NO4/c1-11(2,3)16-10(13)12-6-8(14-4)9(7-12)15-5/h8-9H,6-7H2,1-5H3/t8-,9-/m0/s1. The molecule has 1 amide bonds. The molecule has 5 heteroatoms. The van der Waals surface area contributed by atoms with E-state index in [1.165, 1.54) is 0 Å². The van der Waals surface area contributed by atoms with E-state index in [1.54, 1.807) is 19.1 Å². The van der Waals surface area contributed by atoms with Gasteiger partial charge in [0.25, 0.3) is 0 Å². The normalized spacial score (nSPS) is 25.9. The number of nitrogens with zero attached hydrogens (tertiary/aromatic N) is 1. The number of carbonyl (C=O) groups excluding carboxylic acids is 1. The van der Waals surface area contributed by atoms with E-state index >= 15 is 0 Å². The monoisotopic (exact) mass is 231 g/mol. The highest BCUT2D eigenvalue weighted by Gasteiger charge is 2.37. The summed E-state index contributed by atoms with van der Waals surface area (Å²) >= 11 is 0. The zero-order chi connectivity index (χ0) is 12.3. The zero-order valence-corrected chi connectivity index (χ0v) is 10.6. The molecule has 0 aliphatic carbocycles. The van der Waals surface area contributed by atoms with Crippen molar-refractivity contribution in [1.82, 2.24) is 4.90 Å². The van der Waals surface area contributed by atoms with Crippen molar-refractivity contribution < 1.29 is 19.0 Å². The highest BCUT2D eigenvalue weighted by molar-refractivity contribution is 5.68. The van der Waals surface area contributed by atoms with Crippen molar-refractivity contribution in [2.24, 2.45) is 0 Å². The Morgan fingerprint density at radius 1 is 1.12 bits per heavy atom. The third-order valence-corrected chi connectivity index (χ3v) is 2.47. The number of ether oxygens (including phenoxy) is 3. The Morgan fingerprint density at radius 2 is 1.56 bits per heavy atom. The molecule has 5 nitrogen and oxygen atoms in total. The second-order valence-corrected chi connectivity index (χ2v) is 4.93. The molecule has 2 atom stereocenters. The maximum Gasteiger partial charge on any atom is 0.410 e. The summed E-state index contributed by atoms with van der Waals surface area (Å²) in [5.74, 6) is 0. The topological polar surface area (TPSA) is 48.0 Å². The molecular weight excluding hydrogens is 210 g/mol. The molecule has 0 radical (unpaired) electrons. The van der Waals surface area contributed by atoms with E-state index < -0.39 is 5.60 Å². The average molecular weight is 231 g/mol. The van der Waals surface area contributed by atoms with Crippen molar-refractivity contribution in [1.29, 1.82) is 0 Å². The Balaban J connectivity index is 2.54. The van der Waals surface area contributed by atoms with Crippen molar-refractivity contribution in [3.05, 3.63) is 0 Å². The Labute approximate surface area is 96.6 Å². The summed E-state index contributed by atoms with van der Waals surface area (Å²) in [7, 11) is 3.24. The Kier molecular flexibility index (Phi) is 4.15. The molecule has 1 aliphatic rings. The highest BCUT2D eigenvalue weighted by atomic mass is 16.6.